The molecular weight excluding hydrogens is 413 g/mol. The van der Waals surface area contributed by atoms with Crippen molar-refractivity contribution in [3.63, 3.8) is 0 Å². The van der Waals surface area contributed by atoms with E-state index in [0.717, 1.165) is 29.5 Å². The number of amides is 1. The largest absolute Gasteiger partial charge is 0.466 e. The Morgan fingerprint density at radius 1 is 1.18 bits per heavy atom. The molecule has 2 aromatic rings. The fourth-order valence-corrected chi connectivity index (χ4v) is 3.35. The fraction of sp³-hybridized carbons (Fsp3) is 0.0526. The van der Waals surface area contributed by atoms with Gasteiger partial charge in [0.05, 0.1) is 27.4 Å². The maximum absolute atomic E-state index is 13.0. The SMILES string of the molecule is C=COc1ccc(C=C2SC(=Nc3ccc(Cl)c(C(F)(F)F)c3)NC2=O)cc1. The molecule has 0 aromatic heterocycles. The number of aliphatic imine (C=N–C) groups is 1. The normalized spacial score (nSPS) is 17.1. The Hall–Kier alpha value is -2.71. The van der Waals surface area contributed by atoms with Gasteiger partial charge in [0.25, 0.3) is 5.91 Å². The second kappa shape index (κ2) is 8.12. The van der Waals surface area contributed by atoms with Gasteiger partial charge in [-0.3, -0.25) is 4.79 Å². The van der Waals surface area contributed by atoms with Gasteiger partial charge in [-0.1, -0.05) is 30.3 Å². The molecule has 1 aliphatic heterocycles. The lowest BCUT2D eigenvalue weighted by Crippen LogP contribution is -2.19. The van der Waals surface area contributed by atoms with Crippen LogP contribution in [-0.4, -0.2) is 11.1 Å². The van der Waals surface area contributed by atoms with E-state index in [4.69, 9.17) is 16.3 Å². The van der Waals surface area contributed by atoms with Crippen LogP contribution >= 0.6 is 23.4 Å². The molecule has 0 bridgehead atoms. The molecule has 0 aliphatic carbocycles. The number of thioether (sulfide) groups is 1. The number of halogens is 4. The zero-order valence-electron chi connectivity index (χ0n) is 14.1. The molecule has 1 amide bonds. The van der Waals surface area contributed by atoms with Gasteiger partial charge in [-0.25, -0.2) is 4.99 Å². The topological polar surface area (TPSA) is 50.7 Å². The van der Waals surface area contributed by atoms with Crippen LogP contribution in [-0.2, 0) is 11.0 Å². The first-order chi connectivity index (χ1) is 13.3. The summed E-state index contributed by atoms with van der Waals surface area (Å²) in [4.78, 5) is 16.5. The quantitative estimate of drug-likeness (QED) is 0.500. The molecule has 9 heteroatoms. The minimum atomic E-state index is -4.59. The summed E-state index contributed by atoms with van der Waals surface area (Å²) in [7, 11) is 0. The predicted molar refractivity (Wildman–Crippen MR) is 105 cm³/mol. The van der Waals surface area contributed by atoms with Crippen molar-refractivity contribution in [3.8, 4) is 5.75 Å². The summed E-state index contributed by atoms with van der Waals surface area (Å²) in [5.41, 5.74) is -0.198. The molecule has 0 saturated carbocycles. The van der Waals surface area contributed by atoms with E-state index in [-0.39, 0.29) is 16.8 Å². The summed E-state index contributed by atoms with van der Waals surface area (Å²) in [5.74, 6) is 0.214. The number of amidine groups is 1. The van der Waals surface area contributed by atoms with Crippen molar-refractivity contribution >= 4 is 46.2 Å². The van der Waals surface area contributed by atoms with Crippen molar-refractivity contribution in [2.75, 3.05) is 0 Å². The van der Waals surface area contributed by atoms with Gasteiger partial charge in [0, 0.05) is 0 Å². The Kier molecular flexibility index (Phi) is 5.81. The molecule has 4 nitrogen and oxygen atoms in total. The van der Waals surface area contributed by atoms with Gasteiger partial charge in [0.15, 0.2) is 5.17 Å². The zero-order valence-corrected chi connectivity index (χ0v) is 15.7. The van der Waals surface area contributed by atoms with Crippen LogP contribution in [0, 0.1) is 0 Å². The van der Waals surface area contributed by atoms with Crippen LogP contribution in [0.5, 0.6) is 5.75 Å². The number of nitrogens with one attached hydrogen (secondary N) is 1. The third-order valence-electron chi connectivity index (χ3n) is 3.53. The van der Waals surface area contributed by atoms with E-state index in [2.05, 4.69) is 16.9 Å². The molecule has 144 valence electrons. The summed E-state index contributed by atoms with van der Waals surface area (Å²) >= 11 is 6.63. The number of carbonyl (C=O) groups excluding carboxylic acids is 1. The van der Waals surface area contributed by atoms with Gasteiger partial charge >= 0.3 is 6.18 Å². The molecule has 1 saturated heterocycles. The van der Waals surface area contributed by atoms with Crippen LogP contribution in [0.25, 0.3) is 6.08 Å². The molecule has 1 N–H and O–H groups in total. The maximum atomic E-state index is 13.0. The molecule has 0 radical (unpaired) electrons. The van der Waals surface area contributed by atoms with E-state index in [9.17, 15) is 18.0 Å². The average molecular weight is 425 g/mol. The number of alkyl halides is 3. The second-order valence-electron chi connectivity index (χ2n) is 5.50. The monoisotopic (exact) mass is 424 g/mol. The number of hydrogen-bond donors (Lipinski definition) is 1. The Labute approximate surface area is 167 Å². The van der Waals surface area contributed by atoms with E-state index >= 15 is 0 Å². The molecule has 1 aliphatic rings. The van der Waals surface area contributed by atoms with Gasteiger partial charge in [0.1, 0.15) is 5.75 Å². The zero-order chi connectivity index (χ0) is 20.3. The van der Waals surface area contributed by atoms with Gasteiger partial charge in [-0.05, 0) is 53.7 Å². The van der Waals surface area contributed by atoms with Crippen LogP contribution in [0.2, 0.25) is 5.02 Å². The van der Waals surface area contributed by atoms with E-state index in [1.807, 2.05) is 0 Å². The Balaban J connectivity index is 1.81. The smallest absolute Gasteiger partial charge is 0.417 e. The predicted octanol–water partition coefficient (Wildman–Crippen LogP) is 5.77. The molecule has 2 aromatic carbocycles. The van der Waals surface area contributed by atoms with E-state index < -0.39 is 16.8 Å². The van der Waals surface area contributed by atoms with Crippen molar-refractivity contribution in [1.82, 2.24) is 5.32 Å². The van der Waals surface area contributed by atoms with Crippen molar-refractivity contribution in [1.29, 1.82) is 0 Å². The van der Waals surface area contributed by atoms with Gasteiger partial charge in [-0.15, -0.1) is 0 Å². The lowest BCUT2D eigenvalue weighted by atomic mass is 10.2. The summed E-state index contributed by atoms with van der Waals surface area (Å²) in [6, 6.07) is 10.2. The van der Waals surface area contributed by atoms with Crippen molar-refractivity contribution in [2.45, 2.75) is 6.18 Å². The Morgan fingerprint density at radius 3 is 2.54 bits per heavy atom. The third kappa shape index (κ3) is 4.76. The molecule has 3 rings (SSSR count). The molecule has 0 spiro atoms. The van der Waals surface area contributed by atoms with Crippen LogP contribution in [0.15, 0.2) is 65.2 Å². The highest BCUT2D eigenvalue weighted by molar-refractivity contribution is 8.18. The highest BCUT2D eigenvalue weighted by atomic mass is 35.5. The lowest BCUT2D eigenvalue weighted by Gasteiger charge is -2.09. The number of rotatable bonds is 4. The third-order valence-corrected chi connectivity index (χ3v) is 4.77. The Bertz CT molecular complexity index is 986. The number of benzene rings is 2. The second-order valence-corrected chi connectivity index (χ2v) is 6.94. The van der Waals surface area contributed by atoms with Gasteiger partial charge in [0.2, 0.25) is 0 Å². The fourth-order valence-electron chi connectivity index (χ4n) is 2.29. The van der Waals surface area contributed by atoms with Crippen LogP contribution < -0.4 is 10.1 Å². The van der Waals surface area contributed by atoms with Crippen molar-refractivity contribution in [3.05, 3.63) is 76.4 Å². The highest BCUT2D eigenvalue weighted by Gasteiger charge is 2.33. The maximum Gasteiger partial charge on any atom is 0.417 e. The standard InChI is InChI=1S/C19H12ClF3N2O2S/c1-2-27-13-6-3-11(4-7-13)9-16-17(26)25-18(28-16)24-12-5-8-15(20)14(10-12)19(21,22)23/h2-10H,1H2,(H,24,25,26). The first-order valence-corrected chi connectivity index (χ1v) is 8.99. The van der Waals surface area contributed by atoms with Crippen LogP contribution in [0.3, 0.4) is 0 Å². The first kappa shape index (κ1) is 20.0. The number of nitrogens with zero attached hydrogens (tertiary/aromatic N) is 1. The summed E-state index contributed by atoms with van der Waals surface area (Å²) in [6.07, 6.45) is -1.65. The molecular formula is C19H12ClF3N2O2S. The van der Waals surface area contributed by atoms with Crippen molar-refractivity contribution < 1.29 is 22.7 Å². The van der Waals surface area contributed by atoms with Crippen LogP contribution in [0.4, 0.5) is 18.9 Å². The molecule has 0 unspecified atom stereocenters. The number of carbonyl (C=O) groups is 1. The van der Waals surface area contributed by atoms with Crippen LogP contribution in [0.1, 0.15) is 11.1 Å². The van der Waals surface area contributed by atoms with Gasteiger partial charge in [-0.2, -0.15) is 13.2 Å². The van der Waals surface area contributed by atoms with Crippen molar-refractivity contribution in [2.24, 2.45) is 4.99 Å². The number of ether oxygens (including phenoxy) is 1. The summed E-state index contributed by atoms with van der Waals surface area (Å²) in [6.45, 7) is 3.46. The van der Waals surface area contributed by atoms with E-state index in [0.29, 0.717) is 10.7 Å². The molecule has 28 heavy (non-hydrogen) atoms. The highest BCUT2D eigenvalue weighted by Crippen LogP contribution is 2.37. The number of hydrogen-bond acceptors (Lipinski definition) is 4. The molecule has 1 heterocycles. The molecule has 1 fully saturated rings. The van der Waals surface area contributed by atoms with Gasteiger partial charge < -0.3 is 10.1 Å². The average Bonchev–Trinajstić information content (AvgIpc) is 2.97. The Morgan fingerprint density at radius 2 is 1.89 bits per heavy atom. The van der Waals surface area contributed by atoms with E-state index in [1.54, 1.807) is 30.3 Å². The summed E-state index contributed by atoms with van der Waals surface area (Å²) < 4.78 is 44.0. The summed E-state index contributed by atoms with van der Waals surface area (Å²) in [5, 5.41) is 2.30. The lowest BCUT2D eigenvalue weighted by molar-refractivity contribution is -0.137. The molecule has 0 atom stereocenters. The van der Waals surface area contributed by atoms with E-state index in [1.165, 1.54) is 12.3 Å². The minimum absolute atomic E-state index is 0.0340. The minimum Gasteiger partial charge on any atom is -0.466 e. The first-order valence-electron chi connectivity index (χ1n) is 7.80.